The molecule has 1 aliphatic rings. The van der Waals surface area contributed by atoms with Gasteiger partial charge >= 0.3 is 6.03 Å². The van der Waals surface area contributed by atoms with Gasteiger partial charge in [-0.15, -0.1) is 0 Å². The van der Waals surface area contributed by atoms with Crippen LogP contribution in [0.1, 0.15) is 48.0 Å². The fourth-order valence-corrected chi connectivity index (χ4v) is 2.61. The lowest BCUT2D eigenvalue weighted by Crippen LogP contribution is -2.56. The summed E-state index contributed by atoms with van der Waals surface area (Å²) in [7, 11) is 0. The van der Waals surface area contributed by atoms with Crippen molar-refractivity contribution >= 4 is 11.9 Å². The van der Waals surface area contributed by atoms with Gasteiger partial charge in [-0.3, -0.25) is 4.79 Å². The van der Waals surface area contributed by atoms with Gasteiger partial charge in [-0.1, -0.05) is 20.8 Å². The topological polar surface area (TPSA) is 87.5 Å². The summed E-state index contributed by atoms with van der Waals surface area (Å²) in [6.45, 7) is 13.7. The molecule has 6 nitrogen and oxygen atoms in total. The van der Waals surface area contributed by atoms with Crippen molar-refractivity contribution in [2.45, 2.75) is 59.5 Å². The first kappa shape index (κ1) is 18.7. The molecule has 0 spiro atoms. The number of nitrogens with one attached hydrogen (secondary N) is 2. The lowest BCUT2D eigenvalue weighted by Gasteiger charge is -2.30. The molecule has 22 heavy (non-hydrogen) atoms. The van der Waals surface area contributed by atoms with E-state index in [-0.39, 0.29) is 28.8 Å². The first-order valence-electron chi connectivity index (χ1n) is 8.05. The molecule has 1 unspecified atom stereocenters. The van der Waals surface area contributed by atoms with Crippen LogP contribution in [0.3, 0.4) is 0 Å². The summed E-state index contributed by atoms with van der Waals surface area (Å²) in [6.07, 6.45) is 0.911. The quantitative estimate of drug-likeness (QED) is 0.731. The summed E-state index contributed by atoms with van der Waals surface area (Å²) in [5.41, 5.74) is 5.46. The number of amides is 3. The van der Waals surface area contributed by atoms with Crippen LogP contribution in [0.15, 0.2) is 0 Å². The van der Waals surface area contributed by atoms with E-state index in [2.05, 4.69) is 17.6 Å². The van der Waals surface area contributed by atoms with Crippen molar-refractivity contribution in [3.05, 3.63) is 0 Å². The molecule has 128 valence electrons. The highest BCUT2D eigenvalue weighted by molar-refractivity contribution is 5.87. The molecule has 1 fully saturated rings. The van der Waals surface area contributed by atoms with Crippen molar-refractivity contribution in [3.8, 4) is 0 Å². The molecule has 1 saturated heterocycles. The van der Waals surface area contributed by atoms with Gasteiger partial charge in [0, 0.05) is 18.6 Å². The van der Waals surface area contributed by atoms with E-state index in [9.17, 15) is 9.59 Å². The summed E-state index contributed by atoms with van der Waals surface area (Å²) in [5.74, 6) is 0.0131. The molecule has 0 aliphatic carbocycles. The largest absolute Gasteiger partial charge is 0.340 e. The zero-order valence-corrected chi connectivity index (χ0v) is 14.8. The molecule has 0 bridgehead atoms. The zero-order valence-electron chi connectivity index (χ0n) is 14.8. The molecule has 2 atom stereocenters. The molecule has 3 amide bonds. The second-order valence-electron chi connectivity index (χ2n) is 8.09. The van der Waals surface area contributed by atoms with E-state index >= 15 is 0 Å². The number of urea groups is 1. The van der Waals surface area contributed by atoms with Crippen LogP contribution in [0.25, 0.3) is 0 Å². The van der Waals surface area contributed by atoms with Gasteiger partial charge in [0.1, 0.15) is 6.04 Å². The van der Waals surface area contributed by atoms with Gasteiger partial charge < -0.3 is 21.3 Å². The van der Waals surface area contributed by atoms with Crippen LogP contribution in [0.4, 0.5) is 4.79 Å². The highest BCUT2D eigenvalue weighted by Crippen LogP contribution is 2.29. The van der Waals surface area contributed by atoms with Gasteiger partial charge in [0.25, 0.3) is 0 Å². The van der Waals surface area contributed by atoms with Gasteiger partial charge in [-0.05, 0) is 45.1 Å². The average Bonchev–Trinajstić information content (AvgIpc) is 2.76. The number of nitrogens with two attached hydrogens (primary N) is 1. The van der Waals surface area contributed by atoms with Crippen molar-refractivity contribution < 1.29 is 9.59 Å². The first-order valence-corrected chi connectivity index (χ1v) is 8.05. The van der Waals surface area contributed by atoms with E-state index in [1.807, 2.05) is 39.5 Å². The number of likely N-dealkylation sites (tertiary alicyclic amines) is 1. The molecule has 0 aromatic carbocycles. The van der Waals surface area contributed by atoms with Gasteiger partial charge in [-0.2, -0.15) is 0 Å². The third kappa shape index (κ3) is 5.16. The van der Waals surface area contributed by atoms with Crippen LogP contribution >= 0.6 is 0 Å². The van der Waals surface area contributed by atoms with Crippen molar-refractivity contribution in [1.82, 2.24) is 15.5 Å². The second-order valence-corrected chi connectivity index (χ2v) is 8.09. The summed E-state index contributed by atoms with van der Waals surface area (Å²) in [4.78, 5) is 26.6. The van der Waals surface area contributed by atoms with Crippen LogP contribution in [0.2, 0.25) is 0 Å². The van der Waals surface area contributed by atoms with Crippen LogP contribution in [0, 0.1) is 11.3 Å². The number of rotatable bonds is 4. The Kier molecular flexibility index (Phi) is 5.84. The number of nitrogens with zero attached hydrogens (tertiary/aromatic N) is 1. The predicted octanol–water partition coefficient (Wildman–Crippen LogP) is 1.31. The fraction of sp³-hybridized carbons (Fsp3) is 0.875. The van der Waals surface area contributed by atoms with Crippen LogP contribution < -0.4 is 16.4 Å². The monoisotopic (exact) mass is 312 g/mol. The van der Waals surface area contributed by atoms with E-state index in [1.54, 1.807) is 0 Å². The molecule has 4 N–H and O–H groups in total. The number of hydrogen-bond acceptors (Lipinski definition) is 3. The van der Waals surface area contributed by atoms with Crippen LogP contribution in [-0.2, 0) is 4.79 Å². The lowest BCUT2D eigenvalue weighted by atomic mass is 9.90. The molecule has 0 aromatic rings. The number of carbonyl (C=O) groups is 2. The molecule has 1 rings (SSSR count). The number of hydrogen-bond donors (Lipinski definition) is 3. The van der Waals surface area contributed by atoms with Gasteiger partial charge in [0.05, 0.1) is 0 Å². The third-order valence-electron chi connectivity index (χ3n) is 4.07. The molecule has 0 radical (unpaired) electrons. The van der Waals surface area contributed by atoms with Crippen LogP contribution in [-0.4, -0.2) is 48.1 Å². The van der Waals surface area contributed by atoms with Crippen LogP contribution in [0.5, 0.6) is 0 Å². The minimum atomic E-state index is -0.512. The van der Waals surface area contributed by atoms with Crippen molar-refractivity contribution in [2.75, 3.05) is 19.6 Å². The molecule has 1 aliphatic heterocycles. The van der Waals surface area contributed by atoms with Gasteiger partial charge in [0.2, 0.25) is 5.91 Å². The fourth-order valence-electron chi connectivity index (χ4n) is 2.61. The molecule has 0 saturated carbocycles. The maximum absolute atomic E-state index is 12.7. The molecule has 6 heteroatoms. The lowest BCUT2D eigenvalue weighted by molar-refractivity contribution is -0.133. The molecular formula is C16H32N4O2. The van der Waals surface area contributed by atoms with E-state index in [4.69, 9.17) is 5.73 Å². The summed E-state index contributed by atoms with van der Waals surface area (Å²) in [6, 6.07) is -0.817. The predicted molar refractivity (Wildman–Crippen MR) is 88.4 cm³/mol. The standard InChI is InChI=1S/C16H32N4O2/c1-11(2)12(18-14(22)19-15(3,4)5)13(21)20-8-7-16(6,9-17)10-20/h11-12H,7-10,17H2,1-6H3,(H2,18,19,22)/t12-,16?/m0/s1. The Labute approximate surface area is 134 Å². The molecule has 1 heterocycles. The minimum Gasteiger partial charge on any atom is -0.340 e. The maximum Gasteiger partial charge on any atom is 0.315 e. The normalized spacial score (nSPS) is 23.5. The van der Waals surface area contributed by atoms with E-state index in [1.165, 1.54) is 0 Å². The Morgan fingerprint density at radius 3 is 2.32 bits per heavy atom. The summed E-state index contributed by atoms with van der Waals surface area (Å²) >= 11 is 0. The Morgan fingerprint density at radius 1 is 1.32 bits per heavy atom. The van der Waals surface area contributed by atoms with Gasteiger partial charge in [0.15, 0.2) is 0 Å². The summed E-state index contributed by atoms with van der Waals surface area (Å²) in [5, 5.41) is 5.66. The van der Waals surface area contributed by atoms with E-state index in [0.717, 1.165) is 6.42 Å². The Morgan fingerprint density at radius 2 is 1.91 bits per heavy atom. The zero-order chi connectivity index (χ0) is 17.1. The smallest absolute Gasteiger partial charge is 0.315 e. The Balaban J connectivity index is 2.71. The Bertz CT molecular complexity index is 417. The third-order valence-corrected chi connectivity index (χ3v) is 4.07. The SMILES string of the molecule is CC(C)[C@H](NC(=O)NC(C)(C)C)C(=O)N1CCC(C)(CN)C1. The highest BCUT2D eigenvalue weighted by Gasteiger charge is 2.38. The van der Waals surface area contributed by atoms with Crippen molar-refractivity contribution in [3.63, 3.8) is 0 Å². The molecule has 0 aromatic heterocycles. The van der Waals surface area contributed by atoms with E-state index < -0.39 is 6.04 Å². The van der Waals surface area contributed by atoms with Crippen molar-refractivity contribution in [2.24, 2.45) is 17.1 Å². The summed E-state index contributed by atoms with van der Waals surface area (Å²) < 4.78 is 0. The second kappa shape index (κ2) is 6.86. The number of carbonyl (C=O) groups excluding carboxylic acids is 2. The minimum absolute atomic E-state index is 0.00907. The van der Waals surface area contributed by atoms with E-state index in [0.29, 0.717) is 19.6 Å². The molecular weight excluding hydrogens is 280 g/mol. The highest BCUT2D eigenvalue weighted by atomic mass is 16.2. The average molecular weight is 312 g/mol. The van der Waals surface area contributed by atoms with Crippen molar-refractivity contribution in [1.29, 1.82) is 0 Å². The maximum atomic E-state index is 12.7. The van der Waals surface area contributed by atoms with Gasteiger partial charge in [-0.25, -0.2) is 4.79 Å². The first-order chi connectivity index (χ1) is 9.97. The Hall–Kier alpha value is -1.30.